The van der Waals surface area contributed by atoms with Crippen molar-refractivity contribution >= 4 is 17.0 Å². The van der Waals surface area contributed by atoms with Crippen LogP contribution in [0.15, 0.2) is 48.3 Å². The van der Waals surface area contributed by atoms with Crippen molar-refractivity contribution in [2.45, 2.75) is 17.3 Å². The van der Waals surface area contributed by atoms with Gasteiger partial charge in [0.25, 0.3) is 0 Å². The van der Waals surface area contributed by atoms with E-state index in [2.05, 4.69) is 16.5 Å². The van der Waals surface area contributed by atoms with Crippen molar-refractivity contribution in [2.24, 2.45) is 0 Å². The second-order valence-electron chi connectivity index (χ2n) is 3.85. The fraction of sp³-hybridized carbons (Fsp3) is 0.167. The van der Waals surface area contributed by atoms with Crippen molar-refractivity contribution in [2.75, 3.05) is 0 Å². The van der Waals surface area contributed by atoms with E-state index in [0.717, 1.165) is 6.20 Å². The van der Waals surface area contributed by atoms with E-state index >= 15 is 0 Å². The maximum atomic E-state index is 12.1. The van der Waals surface area contributed by atoms with Gasteiger partial charge >= 0.3 is 5.82 Å². The summed E-state index contributed by atoms with van der Waals surface area (Å²) in [6.07, 6.45) is 4.24. The first-order chi connectivity index (χ1) is 9.63. The summed E-state index contributed by atoms with van der Waals surface area (Å²) in [5.41, 5.74) is 0. The highest BCUT2D eigenvalue weighted by Gasteiger charge is 2.24. The van der Waals surface area contributed by atoms with Crippen LogP contribution in [0.25, 0.3) is 0 Å². The minimum absolute atomic E-state index is 0.0681. The molecule has 0 amide bonds. The molecule has 1 atom stereocenters. The van der Waals surface area contributed by atoms with Gasteiger partial charge in [-0.1, -0.05) is 18.7 Å². The summed E-state index contributed by atoms with van der Waals surface area (Å²) in [5, 5.41) is 11.3. The van der Waals surface area contributed by atoms with Crippen molar-refractivity contribution in [1.29, 1.82) is 0 Å². The van der Waals surface area contributed by atoms with Crippen molar-refractivity contribution in [3.05, 3.63) is 59.2 Å². The maximum Gasteiger partial charge on any atom is 0.343 e. The predicted molar refractivity (Wildman–Crippen MR) is 73.4 cm³/mol. The number of aromatic nitrogens is 3. The van der Waals surface area contributed by atoms with Crippen molar-refractivity contribution in [1.82, 2.24) is 14.5 Å². The van der Waals surface area contributed by atoms with Gasteiger partial charge in [0.2, 0.25) is 10.9 Å². The third-order valence-corrected chi connectivity index (χ3v) is 3.78. The van der Waals surface area contributed by atoms with Crippen LogP contribution in [-0.2, 0) is 23.5 Å². The van der Waals surface area contributed by atoms with Crippen LogP contribution in [-0.4, -0.2) is 24.0 Å². The highest BCUT2D eigenvalue weighted by Crippen LogP contribution is 2.19. The summed E-state index contributed by atoms with van der Waals surface area (Å²) < 4.78 is 13.5. The molecule has 0 aliphatic rings. The number of hydrogen-bond donors (Lipinski definition) is 0. The average molecular weight is 292 g/mol. The van der Waals surface area contributed by atoms with E-state index < -0.39 is 16.1 Å². The van der Waals surface area contributed by atoms with E-state index in [9.17, 15) is 14.7 Å². The minimum atomic E-state index is -1.40. The number of rotatable bonds is 6. The van der Waals surface area contributed by atoms with E-state index in [0.29, 0.717) is 10.9 Å². The lowest BCUT2D eigenvalue weighted by Gasteiger charge is -2.07. The summed E-state index contributed by atoms with van der Waals surface area (Å²) in [6.45, 7) is 3.80. The summed E-state index contributed by atoms with van der Waals surface area (Å²) in [7, 11) is 0. The van der Waals surface area contributed by atoms with Crippen LogP contribution in [0.4, 0.5) is 5.82 Å². The van der Waals surface area contributed by atoms with Gasteiger partial charge in [0.15, 0.2) is 5.75 Å². The van der Waals surface area contributed by atoms with Gasteiger partial charge in [-0.15, -0.1) is 0 Å². The Labute approximate surface area is 118 Å². The van der Waals surface area contributed by atoms with Crippen molar-refractivity contribution in [3.63, 3.8) is 0 Å². The molecule has 0 bridgehead atoms. The van der Waals surface area contributed by atoms with E-state index in [4.69, 9.17) is 0 Å². The molecule has 0 saturated heterocycles. The molecule has 0 fully saturated rings. The van der Waals surface area contributed by atoms with E-state index in [1.54, 1.807) is 24.4 Å². The number of nitro groups is 1. The molecule has 1 unspecified atom stereocenters. The quantitative estimate of drug-likeness (QED) is 0.349. The molecule has 2 aromatic heterocycles. The first kappa shape index (κ1) is 14.2. The minimum Gasteiger partial charge on any atom is -0.610 e. The molecule has 0 aliphatic heterocycles. The van der Waals surface area contributed by atoms with Gasteiger partial charge in [-0.05, 0) is 11.0 Å². The fourth-order valence-electron chi connectivity index (χ4n) is 1.67. The Bertz CT molecular complexity index is 614. The SMILES string of the molecule is C=CCn1c([N+](=O)[O-])cnc1C[S+]([O-])c1ccccn1. The Morgan fingerprint density at radius 2 is 2.25 bits per heavy atom. The predicted octanol–water partition coefficient (Wildman–Crippen LogP) is 1.68. The highest BCUT2D eigenvalue weighted by molar-refractivity contribution is 7.90. The lowest BCUT2D eigenvalue weighted by Crippen LogP contribution is -2.13. The molecule has 2 heterocycles. The Hall–Kier alpha value is -2.19. The first-order valence-corrected chi connectivity index (χ1v) is 7.04. The fourth-order valence-corrected chi connectivity index (χ4v) is 2.69. The Morgan fingerprint density at radius 1 is 1.45 bits per heavy atom. The number of nitrogens with zero attached hydrogens (tertiary/aromatic N) is 4. The van der Waals surface area contributed by atoms with Crippen molar-refractivity contribution < 1.29 is 9.48 Å². The van der Waals surface area contributed by atoms with E-state index in [1.165, 1.54) is 10.6 Å². The van der Waals surface area contributed by atoms with Crippen LogP contribution in [0.1, 0.15) is 5.82 Å². The number of hydrogen-bond acceptors (Lipinski definition) is 5. The third-order valence-electron chi connectivity index (χ3n) is 2.55. The van der Waals surface area contributed by atoms with E-state index in [1.807, 2.05) is 0 Å². The molecule has 2 aromatic rings. The molecule has 2 rings (SSSR count). The Kier molecular flexibility index (Phi) is 4.49. The Morgan fingerprint density at radius 3 is 2.85 bits per heavy atom. The van der Waals surface area contributed by atoms with Crippen LogP contribution < -0.4 is 0 Å². The summed E-state index contributed by atoms with van der Waals surface area (Å²) in [4.78, 5) is 18.3. The lowest BCUT2D eigenvalue weighted by atomic mass is 10.5. The molecule has 7 nitrogen and oxygen atoms in total. The lowest BCUT2D eigenvalue weighted by molar-refractivity contribution is -0.392. The van der Waals surface area contributed by atoms with Gasteiger partial charge in [-0.3, -0.25) is 0 Å². The molecule has 0 aliphatic carbocycles. The first-order valence-electron chi connectivity index (χ1n) is 5.72. The van der Waals surface area contributed by atoms with Gasteiger partial charge in [-0.25, -0.2) is 14.5 Å². The molecule has 20 heavy (non-hydrogen) atoms. The zero-order chi connectivity index (χ0) is 14.5. The third kappa shape index (κ3) is 3.03. The Balaban J connectivity index is 2.25. The molecule has 8 heteroatoms. The molecule has 0 spiro atoms. The molecule has 0 aromatic carbocycles. The van der Waals surface area contributed by atoms with Crippen molar-refractivity contribution in [3.8, 4) is 0 Å². The maximum absolute atomic E-state index is 12.1. The van der Waals surface area contributed by atoms with Gasteiger partial charge in [0.05, 0.1) is 0 Å². The number of imidazole rings is 1. The highest BCUT2D eigenvalue weighted by atomic mass is 32.2. The smallest absolute Gasteiger partial charge is 0.343 e. The van der Waals surface area contributed by atoms with Crippen LogP contribution in [0.5, 0.6) is 0 Å². The largest absolute Gasteiger partial charge is 0.610 e. The summed E-state index contributed by atoms with van der Waals surface area (Å²) >= 11 is -1.40. The topological polar surface area (TPSA) is 96.9 Å². The zero-order valence-electron chi connectivity index (χ0n) is 10.5. The van der Waals surface area contributed by atoms with Gasteiger partial charge in [0.1, 0.15) is 12.7 Å². The number of pyridine rings is 1. The van der Waals surface area contributed by atoms with E-state index in [-0.39, 0.29) is 18.1 Å². The van der Waals surface area contributed by atoms with Crippen LogP contribution in [0, 0.1) is 10.1 Å². The zero-order valence-corrected chi connectivity index (χ0v) is 11.3. The summed E-state index contributed by atoms with van der Waals surface area (Å²) in [5.74, 6) is 0.303. The molecule has 0 radical (unpaired) electrons. The number of allylic oxidation sites excluding steroid dienone is 1. The summed E-state index contributed by atoms with van der Waals surface area (Å²) in [6, 6.07) is 5.11. The van der Waals surface area contributed by atoms with Gasteiger partial charge in [0, 0.05) is 23.4 Å². The molecule has 0 saturated carbocycles. The second-order valence-corrected chi connectivity index (χ2v) is 5.24. The molecular weight excluding hydrogens is 280 g/mol. The standard InChI is InChI=1S/C12H12N4O3S/c1-2-7-15-10(14-8-12(15)16(17)18)9-20(19)11-5-3-4-6-13-11/h2-6,8H,1,7,9H2. The molecule has 104 valence electrons. The monoisotopic (exact) mass is 292 g/mol. The van der Waals surface area contributed by atoms with Crippen LogP contribution >= 0.6 is 0 Å². The second kappa shape index (κ2) is 6.31. The molecular formula is C12H12N4O3S. The average Bonchev–Trinajstić information content (AvgIpc) is 2.83. The molecule has 0 N–H and O–H groups in total. The van der Waals surface area contributed by atoms with Crippen LogP contribution in [0.2, 0.25) is 0 Å². The normalized spacial score (nSPS) is 12.1. The van der Waals surface area contributed by atoms with Gasteiger partial charge in [-0.2, -0.15) is 0 Å². The van der Waals surface area contributed by atoms with Gasteiger partial charge < -0.3 is 14.7 Å². The van der Waals surface area contributed by atoms with Crippen LogP contribution in [0.3, 0.4) is 0 Å².